The van der Waals surface area contributed by atoms with Gasteiger partial charge in [-0.05, 0) is 49.1 Å². The highest BCUT2D eigenvalue weighted by Gasteiger charge is 2.25. The number of amides is 1. The van der Waals surface area contributed by atoms with Gasteiger partial charge in [0.25, 0.3) is 0 Å². The number of nitrogens with one attached hydrogen (secondary N) is 1. The summed E-state index contributed by atoms with van der Waals surface area (Å²) in [5, 5.41) is 4.43. The number of likely N-dealkylation sites (tertiary alicyclic amines) is 1. The number of carbonyl (C=O) groups is 1. The molecule has 1 aliphatic rings. The van der Waals surface area contributed by atoms with E-state index in [1.807, 2.05) is 30.3 Å². The minimum Gasteiger partial charge on any atom is -0.355 e. The van der Waals surface area contributed by atoms with E-state index in [4.69, 9.17) is 23.2 Å². The van der Waals surface area contributed by atoms with Crippen LogP contribution < -0.4 is 5.32 Å². The lowest BCUT2D eigenvalue weighted by Gasteiger charge is -2.32. The Balaban J connectivity index is 1.48. The molecule has 1 heterocycles. The van der Waals surface area contributed by atoms with E-state index >= 15 is 0 Å². The molecular weight excluding hydrogens is 367 g/mol. The van der Waals surface area contributed by atoms with Crippen LogP contribution in [-0.4, -0.2) is 30.4 Å². The summed E-state index contributed by atoms with van der Waals surface area (Å²) in [5.41, 5.74) is 2.30. The molecular formula is C21H24Cl2N2O. The van der Waals surface area contributed by atoms with Crippen LogP contribution in [0.2, 0.25) is 10.0 Å². The average molecular weight is 391 g/mol. The summed E-state index contributed by atoms with van der Waals surface area (Å²) in [7, 11) is 0. The number of benzene rings is 2. The topological polar surface area (TPSA) is 32.3 Å². The molecule has 0 saturated carbocycles. The van der Waals surface area contributed by atoms with Crippen molar-refractivity contribution in [2.75, 3.05) is 19.6 Å². The Hall–Kier alpha value is -1.55. The van der Waals surface area contributed by atoms with E-state index in [2.05, 4.69) is 22.3 Å². The summed E-state index contributed by atoms with van der Waals surface area (Å²) in [6.45, 7) is 3.20. The van der Waals surface area contributed by atoms with Gasteiger partial charge in [-0.25, -0.2) is 0 Å². The summed E-state index contributed by atoms with van der Waals surface area (Å²) >= 11 is 12.3. The first kappa shape index (κ1) is 19.2. The van der Waals surface area contributed by atoms with Crippen molar-refractivity contribution in [1.82, 2.24) is 10.2 Å². The first-order valence-corrected chi connectivity index (χ1v) is 9.85. The Kier molecular flexibility index (Phi) is 6.95. The summed E-state index contributed by atoms with van der Waals surface area (Å²) in [6, 6.07) is 15.8. The lowest BCUT2D eigenvalue weighted by Crippen LogP contribution is -2.43. The SMILES string of the molecule is O=C(NCCc1ccccc1)C1CCCN(Cc2ccc(Cl)cc2Cl)C1. The van der Waals surface area contributed by atoms with Crippen LogP contribution in [0.1, 0.15) is 24.0 Å². The largest absolute Gasteiger partial charge is 0.355 e. The molecule has 1 N–H and O–H groups in total. The van der Waals surface area contributed by atoms with Gasteiger partial charge in [0, 0.05) is 29.7 Å². The molecule has 2 aromatic carbocycles. The van der Waals surface area contributed by atoms with E-state index in [1.165, 1.54) is 5.56 Å². The quantitative estimate of drug-likeness (QED) is 0.783. The fourth-order valence-corrected chi connectivity index (χ4v) is 3.89. The zero-order chi connectivity index (χ0) is 18.4. The Morgan fingerprint density at radius 1 is 1.15 bits per heavy atom. The van der Waals surface area contributed by atoms with Crippen molar-refractivity contribution in [2.45, 2.75) is 25.8 Å². The Morgan fingerprint density at radius 3 is 2.73 bits per heavy atom. The predicted octanol–water partition coefficient (Wildman–Crippen LogP) is 4.56. The summed E-state index contributed by atoms with van der Waals surface area (Å²) < 4.78 is 0. The molecule has 2 aromatic rings. The molecule has 1 unspecified atom stereocenters. The predicted molar refractivity (Wildman–Crippen MR) is 108 cm³/mol. The van der Waals surface area contributed by atoms with E-state index in [-0.39, 0.29) is 11.8 Å². The molecule has 0 spiro atoms. The molecule has 5 heteroatoms. The number of nitrogens with zero attached hydrogens (tertiary/aromatic N) is 1. The Morgan fingerprint density at radius 2 is 1.96 bits per heavy atom. The maximum atomic E-state index is 12.5. The zero-order valence-corrected chi connectivity index (χ0v) is 16.3. The molecule has 0 radical (unpaired) electrons. The lowest BCUT2D eigenvalue weighted by atomic mass is 9.96. The fraction of sp³-hybridized carbons (Fsp3) is 0.381. The van der Waals surface area contributed by atoms with Gasteiger partial charge in [0.1, 0.15) is 0 Å². The van der Waals surface area contributed by atoms with Gasteiger partial charge in [-0.3, -0.25) is 9.69 Å². The second kappa shape index (κ2) is 9.40. The van der Waals surface area contributed by atoms with Crippen molar-refractivity contribution in [1.29, 1.82) is 0 Å². The van der Waals surface area contributed by atoms with Crippen molar-refractivity contribution in [3.05, 3.63) is 69.7 Å². The number of rotatable bonds is 6. The number of hydrogen-bond donors (Lipinski definition) is 1. The molecule has 1 aliphatic heterocycles. The number of carbonyl (C=O) groups excluding carboxylic acids is 1. The van der Waals surface area contributed by atoms with Gasteiger partial charge < -0.3 is 5.32 Å². The van der Waals surface area contributed by atoms with E-state index in [0.29, 0.717) is 16.6 Å². The molecule has 0 bridgehead atoms. The molecule has 0 aromatic heterocycles. The maximum Gasteiger partial charge on any atom is 0.224 e. The van der Waals surface area contributed by atoms with Crippen molar-refractivity contribution < 1.29 is 4.79 Å². The normalized spacial score (nSPS) is 17.8. The third-order valence-electron chi connectivity index (χ3n) is 4.84. The van der Waals surface area contributed by atoms with Crippen molar-refractivity contribution in [3.63, 3.8) is 0 Å². The van der Waals surface area contributed by atoms with Gasteiger partial charge >= 0.3 is 0 Å². The van der Waals surface area contributed by atoms with Gasteiger partial charge in [0.05, 0.1) is 5.92 Å². The third-order valence-corrected chi connectivity index (χ3v) is 5.43. The molecule has 1 saturated heterocycles. The number of hydrogen-bond acceptors (Lipinski definition) is 2. The van der Waals surface area contributed by atoms with Crippen LogP contribution in [0.5, 0.6) is 0 Å². The van der Waals surface area contributed by atoms with E-state index in [0.717, 1.165) is 44.5 Å². The smallest absolute Gasteiger partial charge is 0.224 e. The summed E-state index contributed by atoms with van der Waals surface area (Å²) in [5.74, 6) is 0.207. The van der Waals surface area contributed by atoms with Gasteiger partial charge in [-0.2, -0.15) is 0 Å². The summed E-state index contributed by atoms with van der Waals surface area (Å²) in [4.78, 5) is 14.8. The second-order valence-electron chi connectivity index (χ2n) is 6.84. The van der Waals surface area contributed by atoms with Gasteiger partial charge in [0.15, 0.2) is 0 Å². The third kappa shape index (κ3) is 5.47. The molecule has 1 atom stereocenters. The zero-order valence-electron chi connectivity index (χ0n) is 14.8. The van der Waals surface area contributed by atoms with E-state index < -0.39 is 0 Å². The summed E-state index contributed by atoms with van der Waals surface area (Å²) in [6.07, 6.45) is 2.84. The minimum absolute atomic E-state index is 0.0469. The van der Waals surface area contributed by atoms with Crippen molar-refractivity contribution in [3.8, 4) is 0 Å². The van der Waals surface area contributed by atoms with Crippen molar-refractivity contribution >= 4 is 29.1 Å². The fourth-order valence-electron chi connectivity index (χ4n) is 3.42. The maximum absolute atomic E-state index is 12.5. The first-order valence-electron chi connectivity index (χ1n) is 9.10. The van der Waals surface area contributed by atoms with Crippen LogP contribution in [0.4, 0.5) is 0 Å². The highest BCUT2D eigenvalue weighted by molar-refractivity contribution is 6.35. The van der Waals surface area contributed by atoms with Crippen LogP contribution in [0.25, 0.3) is 0 Å². The highest BCUT2D eigenvalue weighted by Crippen LogP contribution is 2.25. The minimum atomic E-state index is 0.0469. The van der Waals surface area contributed by atoms with Crippen LogP contribution >= 0.6 is 23.2 Å². The van der Waals surface area contributed by atoms with Crippen LogP contribution in [0.3, 0.4) is 0 Å². The van der Waals surface area contributed by atoms with Gasteiger partial charge in [-0.15, -0.1) is 0 Å². The molecule has 3 rings (SSSR count). The van der Waals surface area contributed by atoms with Crippen LogP contribution in [0, 0.1) is 5.92 Å². The second-order valence-corrected chi connectivity index (χ2v) is 7.68. The van der Waals surface area contributed by atoms with Crippen LogP contribution in [0.15, 0.2) is 48.5 Å². The standard InChI is InChI=1S/C21H24Cl2N2O/c22-19-9-8-17(20(23)13-19)14-25-12-4-7-18(15-25)21(26)24-11-10-16-5-2-1-3-6-16/h1-3,5-6,8-9,13,18H,4,7,10-12,14-15H2,(H,24,26). The molecule has 26 heavy (non-hydrogen) atoms. The monoisotopic (exact) mass is 390 g/mol. The van der Waals surface area contributed by atoms with E-state index in [1.54, 1.807) is 6.07 Å². The van der Waals surface area contributed by atoms with Crippen molar-refractivity contribution in [2.24, 2.45) is 5.92 Å². The Bertz CT molecular complexity index is 736. The van der Waals surface area contributed by atoms with Crippen LogP contribution in [-0.2, 0) is 17.8 Å². The lowest BCUT2D eigenvalue weighted by molar-refractivity contribution is -0.126. The molecule has 0 aliphatic carbocycles. The van der Waals surface area contributed by atoms with Gasteiger partial charge in [0.2, 0.25) is 5.91 Å². The molecule has 1 amide bonds. The highest BCUT2D eigenvalue weighted by atomic mass is 35.5. The van der Waals surface area contributed by atoms with E-state index in [9.17, 15) is 4.79 Å². The first-order chi connectivity index (χ1) is 12.6. The Labute approximate surface area is 165 Å². The molecule has 3 nitrogen and oxygen atoms in total. The number of piperidine rings is 1. The van der Waals surface area contributed by atoms with Gasteiger partial charge in [-0.1, -0.05) is 59.6 Å². The molecule has 1 fully saturated rings. The average Bonchev–Trinajstić information content (AvgIpc) is 2.65. The number of halogens is 2. The molecule has 138 valence electrons.